The first-order chi connectivity index (χ1) is 9.24. The summed E-state index contributed by atoms with van der Waals surface area (Å²) in [5.41, 5.74) is 0.985. The van der Waals surface area contributed by atoms with Crippen LogP contribution in [0.5, 0.6) is 0 Å². The topological polar surface area (TPSA) is 50.3 Å². The van der Waals surface area contributed by atoms with E-state index < -0.39 is 0 Å². The van der Waals surface area contributed by atoms with Crippen LogP contribution in [0.15, 0.2) is 24.3 Å². The monoisotopic (exact) mass is 274 g/mol. The molecular weight excluding hydrogens is 260 g/mol. The zero-order valence-corrected chi connectivity index (χ0v) is 11.3. The number of piperidine rings is 1. The average molecular weight is 274 g/mol. The van der Waals surface area contributed by atoms with Crippen molar-refractivity contribution in [2.45, 2.75) is 25.7 Å². The molecular formula is C14H14N2O2S. The number of likely N-dealkylation sites (tertiary alicyclic amines) is 1. The van der Waals surface area contributed by atoms with E-state index in [0.29, 0.717) is 32.2 Å². The lowest BCUT2D eigenvalue weighted by molar-refractivity contribution is -0.147. The molecule has 0 unspecified atom stereocenters. The van der Waals surface area contributed by atoms with Gasteiger partial charge in [0.25, 0.3) is 0 Å². The van der Waals surface area contributed by atoms with Crippen molar-refractivity contribution in [3.8, 4) is 0 Å². The van der Waals surface area contributed by atoms with Gasteiger partial charge in [-0.05, 0) is 18.6 Å². The van der Waals surface area contributed by atoms with Gasteiger partial charge in [-0.1, -0.05) is 12.1 Å². The first kappa shape index (κ1) is 12.3. The van der Waals surface area contributed by atoms with Crippen molar-refractivity contribution in [1.82, 2.24) is 9.88 Å². The number of carbonyl (C=O) groups is 2. The van der Waals surface area contributed by atoms with E-state index in [1.807, 2.05) is 24.3 Å². The Labute approximate surface area is 115 Å². The molecule has 0 N–H and O–H groups in total. The van der Waals surface area contributed by atoms with Crippen LogP contribution in [0.2, 0.25) is 0 Å². The highest BCUT2D eigenvalue weighted by Crippen LogP contribution is 2.22. The van der Waals surface area contributed by atoms with Crippen LogP contribution in [0.4, 0.5) is 0 Å². The van der Waals surface area contributed by atoms with E-state index in [1.165, 1.54) is 4.90 Å². The lowest BCUT2D eigenvalue weighted by Crippen LogP contribution is -2.41. The van der Waals surface area contributed by atoms with Crippen molar-refractivity contribution >= 4 is 33.4 Å². The number of thiazole rings is 1. The van der Waals surface area contributed by atoms with Crippen LogP contribution in [-0.2, 0) is 16.0 Å². The molecule has 2 heterocycles. The Bertz CT molecular complexity index is 586. The summed E-state index contributed by atoms with van der Waals surface area (Å²) in [6.45, 7) is 0.456. The van der Waals surface area contributed by atoms with Gasteiger partial charge in [-0.3, -0.25) is 14.5 Å². The molecule has 1 aromatic heterocycles. The molecule has 1 aliphatic rings. The van der Waals surface area contributed by atoms with E-state index in [9.17, 15) is 9.59 Å². The zero-order chi connectivity index (χ0) is 13.2. The van der Waals surface area contributed by atoms with E-state index in [4.69, 9.17) is 0 Å². The zero-order valence-electron chi connectivity index (χ0n) is 10.5. The molecule has 4 nitrogen and oxygen atoms in total. The third-order valence-corrected chi connectivity index (χ3v) is 4.37. The highest BCUT2D eigenvalue weighted by atomic mass is 32.1. The van der Waals surface area contributed by atoms with E-state index >= 15 is 0 Å². The van der Waals surface area contributed by atoms with Crippen LogP contribution < -0.4 is 0 Å². The van der Waals surface area contributed by atoms with E-state index in [1.54, 1.807) is 11.3 Å². The second kappa shape index (κ2) is 5.09. The Kier molecular flexibility index (Phi) is 3.29. The molecule has 3 rings (SSSR count). The van der Waals surface area contributed by atoms with E-state index in [0.717, 1.165) is 15.2 Å². The van der Waals surface area contributed by atoms with Crippen LogP contribution >= 0.6 is 11.3 Å². The predicted octanol–water partition coefficient (Wildman–Crippen LogP) is 2.38. The number of imide groups is 1. The fourth-order valence-electron chi connectivity index (χ4n) is 2.28. The molecule has 1 aromatic carbocycles. The summed E-state index contributed by atoms with van der Waals surface area (Å²) in [7, 11) is 0. The van der Waals surface area contributed by atoms with Crippen LogP contribution in [0.1, 0.15) is 24.3 Å². The molecule has 0 bridgehead atoms. The molecule has 0 saturated carbocycles. The number of carbonyl (C=O) groups excluding carboxylic acids is 2. The number of aromatic nitrogens is 1. The minimum Gasteiger partial charge on any atom is -0.282 e. The first-order valence-corrected chi connectivity index (χ1v) is 7.23. The Balaban J connectivity index is 1.71. The van der Waals surface area contributed by atoms with Gasteiger partial charge in [0.2, 0.25) is 11.8 Å². The number of amides is 2. The van der Waals surface area contributed by atoms with Crippen LogP contribution in [0.25, 0.3) is 10.2 Å². The minimum atomic E-state index is -0.0441. The smallest absolute Gasteiger partial charge is 0.229 e. The largest absolute Gasteiger partial charge is 0.282 e. The summed E-state index contributed by atoms with van der Waals surface area (Å²) >= 11 is 1.63. The second-order valence-electron chi connectivity index (χ2n) is 4.62. The molecule has 0 atom stereocenters. The fraction of sp³-hybridized carbons (Fsp3) is 0.357. The molecule has 0 spiro atoms. The molecule has 19 heavy (non-hydrogen) atoms. The summed E-state index contributed by atoms with van der Waals surface area (Å²) in [6, 6.07) is 7.96. The third kappa shape index (κ3) is 2.51. The normalized spacial score (nSPS) is 16.3. The maximum Gasteiger partial charge on any atom is 0.229 e. The third-order valence-electron chi connectivity index (χ3n) is 3.27. The van der Waals surface area contributed by atoms with Gasteiger partial charge in [-0.15, -0.1) is 11.3 Å². The molecule has 5 heteroatoms. The van der Waals surface area contributed by atoms with Gasteiger partial charge in [-0.2, -0.15) is 0 Å². The van der Waals surface area contributed by atoms with Crippen LogP contribution in [-0.4, -0.2) is 28.2 Å². The summed E-state index contributed by atoms with van der Waals surface area (Å²) in [4.78, 5) is 29.3. The number of nitrogens with zero attached hydrogens (tertiary/aromatic N) is 2. The molecule has 0 radical (unpaired) electrons. The molecule has 1 saturated heterocycles. The summed E-state index contributed by atoms with van der Waals surface area (Å²) < 4.78 is 1.15. The quantitative estimate of drug-likeness (QED) is 0.807. The number of rotatable bonds is 3. The number of fused-ring (bicyclic) bond motifs is 1. The van der Waals surface area contributed by atoms with E-state index in [-0.39, 0.29) is 11.8 Å². The van der Waals surface area contributed by atoms with Crippen LogP contribution in [0, 0.1) is 0 Å². The molecule has 2 aromatic rings. The van der Waals surface area contributed by atoms with Gasteiger partial charge in [0.1, 0.15) is 0 Å². The first-order valence-electron chi connectivity index (χ1n) is 6.42. The molecule has 98 valence electrons. The lowest BCUT2D eigenvalue weighted by Gasteiger charge is -2.24. The number of benzene rings is 1. The van der Waals surface area contributed by atoms with Gasteiger partial charge in [0.15, 0.2) is 0 Å². The molecule has 2 amide bonds. The minimum absolute atomic E-state index is 0.0441. The van der Waals surface area contributed by atoms with Gasteiger partial charge in [-0.25, -0.2) is 4.98 Å². The molecule has 0 aliphatic carbocycles. The van der Waals surface area contributed by atoms with Crippen LogP contribution in [0.3, 0.4) is 0 Å². The van der Waals surface area contributed by atoms with E-state index in [2.05, 4.69) is 4.98 Å². The van der Waals surface area contributed by atoms with Crippen molar-refractivity contribution in [2.75, 3.05) is 6.54 Å². The molecule has 1 aliphatic heterocycles. The Morgan fingerprint density at radius 1 is 1.16 bits per heavy atom. The highest BCUT2D eigenvalue weighted by molar-refractivity contribution is 7.18. The lowest BCUT2D eigenvalue weighted by atomic mass is 10.1. The SMILES string of the molecule is O=C1CCCC(=O)N1CCc1nc2ccccc2s1. The van der Waals surface area contributed by atoms with Gasteiger partial charge >= 0.3 is 0 Å². The number of hydrogen-bond donors (Lipinski definition) is 0. The van der Waals surface area contributed by atoms with Gasteiger partial charge < -0.3 is 0 Å². The second-order valence-corrected chi connectivity index (χ2v) is 5.73. The fourth-order valence-corrected chi connectivity index (χ4v) is 3.24. The Morgan fingerprint density at radius 2 is 1.89 bits per heavy atom. The van der Waals surface area contributed by atoms with Gasteiger partial charge in [0.05, 0.1) is 15.2 Å². The molecule has 1 fully saturated rings. The van der Waals surface area contributed by atoms with Crippen molar-refractivity contribution in [1.29, 1.82) is 0 Å². The highest BCUT2D eigenvalue weighted by Gasteiger charge is 2.25. The van der Waals surface area contributed by atoms with Gasteiger partial charge in [0, 0.05) is 25.8 Å². The Hall–Kier alpha value is -1.75. The predicted molar refractivity (Wildman–Crippen MR) is 73.9 cm³/mol. The maximum atomic E-state index is 11.7. The number of hydrogen-bond acceptors (Lipinski definition) is 4. The summed E-state index contributed by atoms with van der Waals surface area (Å²) in [5.74, 6) is -0.0882. The number of para-hydroxylation sites is 1. The average Bonchev–Trinajstić information content (AvgIpc) is 2.81. The maximum absolute atomic E-state index is 11.7. The van der Waals surface area contributed by atoms with Crippen molar-refractivity contribution < 1.29 is 9.59 Å². The summed E-state index contributed by atoms with van der Waals surface area (Å²) in [6.07, 6.45) is 2.32. The standard InChI is InChI=1S/C14H14N2O2S/c17-13-6-3-7-14(18)16(13)9-8-12-15-10-4-1-2-5-11(10)19-12/h1-2,4-5H,3,6-9H2. The van der Waals surface area contributed by atoms with Crippen molar-refractivity contribution in [3.05, 3.63) is 29.3 Å². The Morgan fingerprint density at radius 3 is 2.63 bits per heavy atom. The summed E-state index contributed by atoms with van der Waals surface area (Å²) in [5, 5.41) is 0.979. The van der Waals surface area contributed by atoms with Crippen molar-refractivity contribution in [2.24, 2.45) is 0 Å². The van der Waals surface area contributed by atoms with Crippen molar-refractivity contribution in [3.63, 3.8) is 0 Å².